The summed E-state index contributed by atoms with van der Waals surface area (Å²) in [4.78, 5) is 14.6. The second-order valence-corrected chi connectivity index (χ2v) is 5.93. The maximum absolute atomic E-state index is 12.4. The summed E-state index contributed by atoms with van der Waals surface area (Å²) in [6, 6.07) is 10.3. The summed E-state index contributed by atoms with van der Waals surface area (Å²) >= 11 is 0. The molecule has 2 rings (SSSR count). The Balaban J connectivity index is 1.74. The maximum Gasteiger partial charge on any atom is 0.252 e. The van der Waals surface area contributed by atoms with Crippen LogP contribution in [0.25, 0.3) is 0 Å². The first-order valence-electron chi connectivity index (χ1n) is 7.93. The highest BCUT2D eigenvalue weighted by molar-refractivity contribution is 5.85. The van der Waals surface area contributed by atoms with E-state index in [1.54, 1.807) is 7.11 Å². The zero-order chi connectivity index (χ0) is 15.8. The lowest BCUT2D eigenvalue weighted by Crippen LogP contribution is -2.54. The van der Waals surface area contributed by atoms with E-state index in [-0.39, 0.29) is 5.91 Å². The van der Waals surface area contributed by atoms with Gasteiger partial charge in [0.2, 0.25) is 0 Å². The highest BCUT2D eigenvalue weighted by Crippen LogP contribution is 2.22. The van der Waals surface area contributed by atoms with Gasteiger partial charge in [0, 0.05) is 26.7 Å². The summed E-state index contributed by atoms with van der Waals surface area (Å²) in [6.07, 6.45) is 1.46. The van der Waals surface area contributed by atoms with Gasteiger partial charge in [-0.05, 0) is 38.5 Å². The van der Waals surface area contributed by atoms with Gasteiger partial charge in [-0.3, -0.25) is 4.79 Å². The van der Waals surface area contributed by atoms with Crippen LogP contribution in [-0.2, 0) is 16.1 Å². The Morgan fingerprint density at radius 1 is 1.32 bits per heavy atom. The molecule has 1 amide bonds. The van der Waals surface area contributed by atoms with E-state index in [4.69, 9.17) is 4.74 Å². The summed E-state index contributed by atoms with van der Waals surface area (Å²) in [6.45, 7) is 4.00. The number of carbonyl (C=O) groups excluding carboxylic acids is 1. The second-order valence-electron chi connectivity index (χ2n) is 5.93. The van der Waals surface area contributed by atoms with Crippen LogP contribution in [-0.4, -0.2) is 56.7 Å². The van der Waals surface area contributed by atoms with Crippen molar-refractivity contribution in [1.82, 2.24) is 15.5 Å². The van der Waals surface area contributed by atoms with Gasteiger partial charge in [-0.2, -0.15) is 0 Å². The molecule has 0 spiro atoms. The summed E-state index contributed by atoms with van der Waals surface area (Å²) in [5.74, 6) is 0.0182. The predicted octanol–water partition coefficient (Wildman–Crippen LogP) is 1.00. The van der Waals surface area contributed by atoms with Gasteiger partial charge < -0.3 is 20.3 Å². The third-order valence-electron chi connectivity index (χ3n) is 4.29. The average molecular weight is 305 g/mol. The number of rotatable bonds is 7. The monoisotopic (exact) mass is 305 g/mol. The molecule has 5 nitrogen and oxygen atoms in total. The number of carbonyl (C=O) groups is 1. The van der Waals surface area contributed by atoms with E-state index >= 15 is 0 Å². The fourth-order valence-corrected chi connectivity index (χ4v) is 2.85. The van der Waals surface area contributed by atoms with Gasteiger partial charge in [-0.25, -0.2) is 0 Å². The third kappa shape index (κ3) is 4.53. The minimum Gasteiger partial charge on any atom is -0.368 e. The Kier molecular flexibility index (Phi) is 6.36. The SMILES string of the molecule is COC1(C(=O)NCCN(C)Cc2ccccc2)CCNCC1. The lowest BCUT2D eigenvalue weighted by atomic mass is 9.91. The molecule has 1 aromatic carbocycles. The van der Waals surface area contributed by atoms with Gasteiger partial charge in [-0.1, -0.05) is 30.3 Å². The number of methoxy groups -OCH3 is 1. The summed E-state index contributed by atoms with van der Waals surface area (Å²) < 4.78 is 5.53. The average Bonchev–Trinajstić information content (AvgIpc) is 2.56. The highest BCUT2D eigenvalue weighted by atomic mass is 16.5. The van der Waals surface area contributed by atoms with Crippen LogP contribution in [0.2, 0.25) is 0 Å². The van der Waals surface area contributed by atoms with E-state index in [0.717, 1.165) is 39.0 Å². The first-order chi connectivity index (χ1) is 10.7. The molecule has 1 fully saturated rings. The molecule has 0 saturated carbocycles. The minimum atomic E-state index is -0.650. The smallest absolute Gasteiger partial charge is 0.252 e. The molecule has 1 aliphatic rings. The molecule has 0 aliphatic carbocycles. The van der Waals surface area contributed by atoms with Crippen molar-refractivity contribution >= 4 is 5.91 Å². The molecule has 1 aromatic rings. The number of likely N-dealkylation sites (N-methyl/N-ethyl adjacent to an activating group) is 1. The molecule has 5 heteroatoms. The van der Waals surface area contributed by atoms with Gasteiger partial charge in [0.05, 0.1) is 0 Å². The van der Waals surface area contributed by atoms with Crippen molar-refractivity contribution in [2.24, 2.45) is 0 Å². The molecule has 0 aromatic heterocycles. The van der Waals surface area contributed by atoms with Gasteiger partial charge in [0.1, 0.15) is 5.60 Å². The van der Waals surface area contributed by atoms with Gasteiger partial charge >= 0.3 is 0 Å². The molecule has 1 saturated heterocycles. The Hall–Kier alpha value is -1.43. The number of nitrogens with zero attached hydrogens (tertiary/aromatic N) is 1. The van der Waals surface area contributed by atoms with Crippen LogP contribution >= 0.6 is 0 Å². The Morgan fingerprint density at radius 3 is 2.64 bits per heavy atom. The van der Waals surface area contributed by atoms with E-state index in [9.17, 15) is 4.79 Å². The molecule has 22 heavy (non-hydrogen) atoms. The van der Waals surface area contributed by atoms with E-state index < -0.39 is 5.60 Å². The third-order valence-corrected chi connectivity index (χ3v) is 4.29. The number of benzene rings is 1. The van der Waals surface area contributed by atoms with Crippen molar-refractivity contribution in [3.8, 4) is 0 Å². The van der Waals surface area contributed by atoms with Crippen LogP contribution in [0.3, 0.4) is 0 Å². The van der Waals surface area contributed by atoms with Crippen molar-refractivity contribution in [2.75, 3.05) is 40.3 Å². The van der Waals surface area contributed by atoms with Crippen molar-refractivity contribution in [3.05, 3.63) is 35.9 Å². The minimum absolute atomic E-state index is 0.0182. The van der Waals surface area contributed by atoms with Gasteiger partial charge in [-0.15, -0.1) is 0 Å². The summed E-state index contributed by atoms with van der Waals surface area (Å²) in [5, 5.41) is 6.29. The molecule has 0 bridgehead atoms. The fraction of sp³-hybridized carbons (Fsp3) is 0.588. The van der Waals surface area contributed by atoms with Crippen LogP contribution in [0.1, 0.15) is 18.4 Å². The van der Waals surface area contributed by atoms with E-state index in [1.165, 1.54) is 5.56 Å². The molecule has 1 aliphatic heterocycles. The van der Waals surface area contributed by atoms with Crippen LogP contribution < -0.4 is 10.6 Å². The lowest BCUT2D eigenvalue weighted by molar-refractivity contribution is -0.146. The first-order valence-corrected chi connectivity index (χ1v) is 7.93. The van der Waals surface area contributed by atoms with E-state index in [0.29, 0.717) is 6.54 Å². The number of piperidine rings is 1. The van der Waals surface area contributed by atoms with Crippen molar-refractivity contribution in [1.29, 1.82) is 0 Å². The Morgan fingerprint density at radius 2 is 2.00 bits per heavy atom. The fourth-order valence-electron chi connectivity index (χ4n) is 2.85. The molecule has 2 N–H and O–H groups in total. The number of nitrogens with one attached hydrogen (secondary N) is 2. The lowest BCUT2D eigenvalue weighted by Gasteiger charge is -2.35. The van der Waals surface area contributed by atoms with Crippen LogP contribution in [0.15, 0.2) is 30.3 Å². The maximum atomic E-state index is 12.4. The summed E-state index contributed by atoms with van der Waals surface area (Å²) in [7, 11) is 3.70. The zero-order valence-electron chi connectivity index (χ0n) is 13.6. The van der Waals surface area contributed by atoms with Gasteiger partial charge in [0.25, 0.3) is 5.91 Å². The second kappa shape index (κ2) is 8.27. The number of amides is 1. The number of ether oxygens (including phenoxy) is 1. The molecule has 122 valence electrons. The van der Waals surface area contributed by atoms with Crippen molar-refractivity contribution in [2.45, 2.75) is 25.0 Å². The van der Waals surface area contributed by atoms with Crippen LogP contribution in [0, 0.1) is 0 Å². The van der Waals surface area contributed by atoms with Crippen LogP contribution in [0.5, 0.6) is 0 Å². The Bertz CT molecular complexity index is 458. The summed E-state index contributed by atoms with van der Waals surface area (Å²) in [5.41, 5.74) is 0.631. The standard InChI is InChI=1S/C17H27N3O2/c1-20(14-15-6-4-3-5-7-15)13-12-19-16(21)17(22-2)8-10-18-11-9-17/h3-7,18H,8-14H2,1-2H3,(H,19,21). The highest BCUT2D eigenvalue weighted by Gasteiger charge is 2.39. The quantitative estimate of drug-likeness (QED) is 0.789. The number of hydrogen-bond acceptors (Lipinski definition) is 4. The Labute approximate surface area is 133 Å². The molecular weight excluding hydrogens is 278 g/mol. The van der Waals surface area contributed by atoms with Gasteiger partial charge in [0.15, 0.2) is 0 Å². The van der Waals surface area contributed by atoms with E-state index in [2.05, 4.69) is 34.7 Å². The molecule has 0 radical (unpaired) electrons. The zero-order valence-corrected chi connectivity index (χ0v) is 13.6. The molecule has 0 unspecified atom stereocenters. The first kappa shape index (κ1) is 16.9. The van der Waals surface area contributed by atoms with E-state index in [1.807, 2.05) is 18.2 Å². The largest absolute Gasteiger partial charge is 0.368 e. The van der Waals surface area contributed by atoms with Crippen LogP contribution in [0.4, 0.5) is 0 Å². The molecule has 0 atom stereocenters. The number of hydrogen-bond donors (Lipinski definition) is 2. The van der Waals surface area contributed by atoms with Crippen molar-refractivity contribution < 1.29 is 9.53 Å². The molecule has 1 heterocycles. The molecular formula is C17H27N3O2. The topological polar surface area (TPSA) is 53.6 Å². The predicted molar refractivity (Wildman–Crippen MR) is 87.6 cm³/mol. The normalized spacial score (nSPS) is 17.4. The van der Waals surface area contributed by atoms with Crippen molar-refractivity contribution in [3.63, 3.8) is 0 Å².